The Bertz CT molecular complexity index is 581. The van der Waals surface area contributed by atoms with Gasteiger partial charge in [0.05, 0.1) is 17.2 Å². The molecule has 2 heterocycles. The van der Waals surface area contributed by atoms with Crippen LogP contribution in [-0.2, 0) is 22.8 Å². The lowest BCUT2D eigenvalue weighted by Gasteiger charge is -2.22. The van der Waals surface area contributed by atoms with Crippen LogP contribution in [0, 0.1) is 0 Å². The van der Waals surface area contributed by atoms with Crippen molar-refractivity contribution in [3.05, 3.63) is 10.6 Å². The number of aryl methyl sites for hydroxylation is 1. The van der Waals surface area contributed by atoms with Crippen molar-refractivity contribution in [1.29, 1.82) is 0 Å². The molecule has 0 spiro atoms. The van der Waals surface area contributed by atoms with Crippen molar-refractivity contribution >= 4 is 26.3 Å². The lowest BCUT2D eigenvalue weighted by molar-refractivity contribution is 0.590. The third-order valence-corrected chi connectivity index (χ3v) is 6.77. The molecule has 1 aromatic rings. The van der Waals surface area contributed by atoms with Gasteiger partial charge < -0.3 is 10.2 Å². The Morgan fingerprint density at radius 1 is 1.48 bits per heavy atom. The quantitative estimate of drug-likeness (QED) is 0.861. The molecule has 1 unspecified atom stereocenters. The van der Waals surface area contributed by atoms with E-state index in [0.29, 0.717) is 18.2 Å². The van der Waals surface area contributed by atoms with Crippen LogP contribution in [0.3, 0.4) is 0 Å². The van der Waals surface area contributed by atoms with Gasteiger partial charge in [-0.1, -0.05) is 20.8 Å². The van der Waals surface area contributed by atoms with E-state index >= 15 is 0 Å². The minimum absolute atomic E-state index is 0.0664. The van der Waals surface area contributed by atoms with Crippen LogP contribution < -0.4 is 10.2 Å². The molecule has 0 bridgehead atoms. The number of nitrogens with one attached hydrogen (secondary N) is 1. The Labute approximate surface area is 131 Å². The van der Waals surface area contributed by atoms with Crippen LogP contribution in [-0.4, -0.2) is 44.0 Å². The molecule has 0 amide bonds. The van der Waals surface area contributed by atoms with Crippen molar-refractivity contribution in [2.45, 2.75) is 52.2 Å². The molecule has 120 valence electrons. The van der Waals surface area contributed by atoms with E-state index in [1.165, 1.54) is 4.88 Å². The lowest BCUT2D eigenvalue weighted by Crippen LogP contribution is -2.32. The number of hydrogen-bond acceptors (Lipinski definition) is 6. The summed E-state index contributed by atoms with van der Waals surface area (Å²) in [4.78, 5) is 8.02. The van der Waals surface area contributed by atoms with E-state index in [9.17, 15) is 8.42 Å². The zero-order valence-corrected chi connectivity index (χ0v) is 14.9. The maximum absolute atomic E-state index is 11.6. The van der Waals surface area contributed by atoms with Crippen molar-refractivity contribution in [2.24, 2.45) is 0 Å². The summed E-state index contributed by atoms with van der Waals surface area (Å²) >= 11 is 1.68. The number of aromatic nitrogens is 1. The van der Waals surface area contributed by atoms with Crippen molar-refractivity contribution in [2.75, 3.05) is 23.5 Å². The smallest absolute Gasteiger partial charge is 0.185 e. The fourth-order valence-electron chi connectivity index (χ4n) is 2.47. The first-order chi connectivity index (χ1) is 9.82. The Kier molecular flexibility index (Phi) is 5.27. The second-order valence-corrected chi connectivity index (χ2v) is 9.21. The molecule has 21 heavy (non-hydrogen) atoms. The van der Waals surface area contributed by atoms with Crippen LogP contribution in [0.15, 0.2) is 0 Å². The highest BCUT2D eigenvalue weighted by Crippen LogP contribution is 2.30. The van der Waals surface area contributed by atoms with E-state index in [1.807, 2.05) is 11.9 Å². The van der Waals surface area contributed by atoms with Crippen LogP contribution >= 0.6 is 11.3 Å². The lowest BCUT2D eigenvalue weighted by atomic mass is 10.2. The topological polar surface area (TPSA) is 62.3 Å². The molecule has 1 N–H and O–H groups in total. The van der Waals surface area contributed by atoms with Gasteiger partial charge in [0.1, 0.15) is 0 Å². The molecule has 7 heteroatoms. The van der Waals surface area contributed by atoms with E-state index in [0.717, 1.165) is 23.8 Å². The highest BCUT2D eigenvalue weighted by molar-refractivity contribution is 7.91. The molecule has 0 aliphatic carbocycles. The van der Waals surface area contributed by atoms with E-state index < -0.39 is 9.84 Å². The van der Waals surface area contributed by atoms with E-state index in [4.69, 9.17) is 4.98 Å². The first kappa shape index (κ1) is 16.7. The number of anilines is 1. The SMILES string of the molecule is CCc1nc(N(C)C2CCS(=O)(=O)C2)sc1CNC(C)C. The molecule has 0 aromatic carbocycles. The van der Waals surface area contributed by atoms with Gasteiger partial charge in [0.2, 0.25) is 0 Å². The molecular weight excluding hydrogens is 306 g/mol. The summed E-state index contributed by atoms with van der Waals surface area (Å²) in [5.74, 6) is 0.555. The summed E-state index contributed by atoms with van der Waals surface area (Å²) in [6.45, 7) is 7.19. The average molecular weight is 332 g/mol. The third-order valence-electron chi connectivity index (χ3n) is 3.83. The minimum Gasteiger partial charge on any atom is -0.347 e. The third kappa shape index (κ3) is 4.17. The summed E-state index contributed by atoms with van der Waals surface area (Å²) < 4.78 is 23.3. The van der Waals surface area contributed by atoms with Gasteiger partial charge in [-0.15, -0.1) is 11.3 Å². The molecule has 5 nitrogen and oxygen atoms in total. The first-order valence-corrected chi connectivity index (χ1v) is 10.1. The van der Waals surface area contributed by atoms with E-state index in [2.05, 4.69) is 26.1 Å². The molecule has 0 radical (unpaired) electrons. The number of sulfone groups is 1. The number of hydrogen-bond donors (Lipinski definition) is 1. The van der Waals surface area contributed by atoms with Gasteiger partial charge in [0, 0.05) is 30.6 Å². The summed E-state index contributed by atoms with van der Waals surface area (Å²) in [6, 6.07) is 0.509. The number of thiazole rings is 1. The second-order valence-electron chi connectivity index (χ2n) is 5.92. The molecule has 1 fully saturated rings. The molecule has 1 atom stereocenters. The molecule has 1 aromatic heterocycles. The van der Waals surface area contributed by atoms with E-state index in [1.54, 1.807) is 11.3 Å². The highest BCUT2D eigenvalue weighted by Gasteiger charge is 2.32. The maximum Gasteiger partial charge on any atom is 0.185 e. The largest absolute Gasteiger partial charge is 0.347 e. The van der Waals surface area contributed by atoms with Crippen molar-refractivity contribution in [3.63, 3.8) is 0 Å². The molecule has 0 saturated carbocycles. The van der Waals surface area contributed by atoms with Crippen LogP contribution in [0.25, 0.3) is 0 Å². The standard InChI is InChI=1S/C14H25N3O2S2/c1-5-12-13(8-15-10(2)3)20-14(16-12)17(4)11-6-7-21(18,19)9-11/h10-11,15H,5-9H2,1-4H3. The predicted octanol–water partition coefficient (Wildman–Crippen LogP) is 1.83. The normalized spacial score (nSPS) is 21.1. The second kappa shape index (κ2) is 6.62. The minimum atomic E-state index is -2.86. The van der Waals surface area contributed by atoms with E-state index in [-0.39, 0.29) is 11.8 Å². The maximum atomic E-state index is 11.6. The summed E-state index contributed by atoms with van der Waals surface area (Å²) in [7, 11) is -0.894. The van der Waals surface area contributed by atoms with Crippen molar-refractivity contribution < 1.29 is 8.42 Å². The van der Waals surface area contributed by atoms with Crippen LogP contribution in [0.5, 0.6) is 0 Å². The Balaban J connectivity index is 2.12. The fraction of sp³-hybridized carbons (Fsp3) is 0.786. The van der Waals surface area contributed by atoms with Crippen LogP contribution in [0.1, 0.15) is 37.8 Å². The summed E-state index contributed by atoms with van der Waals surface area (Å²) in [5, 5.41) is 4.37. The zero-order valence-electron chi connectivity index (χ0n) is 13.2. The van der Waals surface area contributed by atoms with Gasteiger partial charge in [-0.2, -0.15) is 0 Å². The Hall–Kier alpha value is -0.660. The summed E-state index contributed by atoms with van der Waals surface area (Å²) in [5.41, 5.74) is 1.12. The monoisotopic (exact) mass is 331 g/mol. The van der Waals surface area contributed by atoms with Gasteiger partial charge in [0.25, 0.3) is 0 Å². The predicted molar refractivity (Wildman–Crippen MR) is 88.9 cm³/mol. The fourth-order valence-corrected chi connectivity index (χ4v) is 5.38. The Morgan fingerprint density at radius 2 is 2.19 bits per heavy atom. The zero-order chi connectivity index (χ0) is 15.6. The highest BCUT2D eigenvalue weighted by atomic mass is 32.2. The van der Waals surface area contributed by atoms with Gasteiger partial charge in [0.15, 0.2) is 15.0 Å². The number of nitrogens with zero attached hydrogens (tertiary/aromatic N) is 2. The van der Waals surface area contributed by atoms with Crippen molar-refractivity contribution in [3.8, 4) is 0 Å². The average Bonchev–Trinajstić information content (AvgIpc) is 2.98. The molecule has 1 saturated heterocycles. The van der Waals surface area contributed by atoms with Gasteiger partial charge in [-0.05, 0) is 12.8 Å². The molecule has 1 aliphatic rings. The summed E-state index contributed by atoms with van der Waals surface area (Å²) in [6.07, 6.45) is 1.61. The van der Waals surface area contributed by atoms with Gasteiger partial charge in [-0.25, -0.2) is 13.4 Å². The van der Waals surface area contributed by atoms with Gasteiger partial charge >= 0.3 is 0 Å². The molecule has 2 rings (SSSR count). The first-order valence-electron chi connectivity index (χ1n) is 7.47. The van der Waals surface area contributed by atoms with Gasteiger partial charge in [-0.3, -0.25) is 0 Å². The number of rotatable bonds is 6. The Morgan fingerprint density at radius 3 is 2.71 bits per heavy atom. The molecule has 1 aliphatic heterocycles. The van der Waals surface area contributed by atoms with Crippen LogP contribution in [0.2, 0.25) is 0 Å². The van der Waals surface area contributed by atoms with Crippen LogP contribution in [0.4, 0.5) is 5.13 Å². The molecular formula is C14H25N3O2S2. The van der Waals surface area contributed by atoms with Crippen molar-refractivity contribution in [1.82, 2.24) is 10.3 Å².